The highest BCUT2D eigenvalue weighted by Crippen LogP contribution is 2.00. The zero-order chi connectivity index (χ0) is 11.0. The smallest absolute Gasteiger partial charge is 0.307 e. The number of hydrogen-bond acceptors (Lipinski definition) is 3. The number of aliphatic hydroxyl groups excluding tert-OH is 1. The van der Waals surface area contributed by atoms with Gasteiger partial charge in [0.2, 0.25) is 0 Å². The number of terminal acetylenes is 1. The molecule has 1 atom stereocenters. The van der Waals surface area contributed by atoms with Gasteiger partial charge in [-0.15, -0.1) is 6.42 Å². The third kappa shape index (κ3) is 5.57. The molecule has 0 aromatic carbocycles. The number of carbonyl (C=O) groups is 1. The van der Waals surface area contributed by atoms with Crippen molar-refractivity contribution < 1.29 is 15.0 Å². The van der Waals surface area contributed by atoms with Crippen LogP contribution in [0.1, 0.15) is 13.3 Å². The van der Waals surface area contributed by atoms with E-state index in [2.05, 4.69) is 5.92 Å². The first kappa shape index (κ1) is 12.9. The molecule has 0 aliphatic heterocycles. The lowest BCUT2D eigenvalue weighted by molar-refractivity contribution is -0.141. The van der Waals surface area contributed by atoms with Crippen LogP contribution < -0.4 is 0 Å². The molecule has 4 nitrogen and oxygen atoms in total. The lowest BCUT2D eigenvalue weighted by atomic mass is 10.1. The van der Waals surface area contributed by atoms with Gasteiger partial charge in [-0.05, 0) is 6.42 Å². The number of hydrogen-bond donors (Lipinski definition) is 2. The van der Waals surface area contributed by atoms with Crippen molar-refractivity contribution in [3.63, 3.8) is 0 Å². The van der Waals surface area contributed by atoms with Crippen molar-refractivity contribution in [1.29, 1.82) is 0 Å². The van der Waals surface area contributed by atoms with Crippen molar-refractivity contribution in [1.82, 2.24) is 4.90 Å². The largest absolute Gasteiger partial charge is 0.481 e. The third-order valence-electron chi connectivity index (χ3n) is 1.90. The zero-order valence-electron chi connectivity index (χ0n) is 8.44. The van der Waals surface area contributed by atoms with Gasteiger partial charge in [0.1, 0.15) is 0 Å². The van der Waals surface area contributed by atoms with E-state index >= 15 is 0 Å². The number of aliphatic hydroxyl groups is 1. The average Bonchev–Trinajstić information content (AvgIpc) is 2.14. The summed E-state index contributed by atoms with van der Waals surface area (Å²) in [6.45, 7) is 3.24. The van der Waals surface area contributed by atoms with Gasteiger partial charge >= 0.3 is 5.97 Å². The van der Waals surface area contributed by atoms with Crippen LogP contribution in [0, 0.1) is 18.3 Å². The SMILES string of the molecule is C#CCN(CCCO)CC(C)C(=O)O. The molecule has 0 spiro atoms. The highest BCUT2D eigenvalue weighted by Gasteiger charge is 2.14. The molecule has 0 fully saturated rings. The minimum absolute atomic E-state index is 0.0997. The normalized spacial score (nSPS) is 12.4. The van der Waals surface area contributed by atoms with Crippen molar-refractivity contribution in [2.45, 2.75) is 13.3 Å². The first-order chi connectivity index (χ1) is 6.61. The molecule has 0 aliphatic carbocycles. The van der Waals surface area contributed by atoms with Crippen LogP contribution in [-0.4, -0.2) is 47.3 Å². The number of carboxylic acids is 1. The average molecular weight is 199 g/mol. The maximum Gasteiger partial charge on any atom is 0.307 e. The molecule has 2 N–H and O–H groups in total. The summed E-state index contributed by atoms with van der Waals surface area (Å²) >= 11 is 0. The Balaban J connectivity index is 3.95. The van der Waals surface area contributed by atoms with Crippen LogP contribution in [0.15, 0.2) is 0 Å². The topological polar surface area (TPSA) is 60.8 Å². The second kappa shape index (κ2) is 7.36. The molecule has 0 aliphatic rings. The van der Waals surface area contributed by atoms with Gasteiger partial charge in [-0.1, -0.05) is 12.8 Å². The van der Waals surface area contributed by atoms with Crippen LogP contribution in [0.4, 0.5) is 0 Å². The molecule has 0 amide bonds. The minimum Gasteiger partial charge on any atom is -0.481 e. The Morgan fingerprint density at radius 3 is 2.71 bits per heavy atom. The summed E-state index contributed by atoms with van der Waals surface area (Å²) in [6.07, 6.45) is 5.77. The summed E-state index contributed by atoms with van der Waals surface area (Å²) in [5, 5.41) is 17.3. The Morgan fingerprint density at radius 1 is 1.64 bits per heavy atom. The fourth-order valence-electron chi connectivity index (χ4n) is 1.12. The summed E-state index contributed by atoms with van der Waals surface area (Å²) in [6, 6.07) is 0. The van der Waals surface area contributed by atoms with Crippen molar-refractivity contribution >= 4 is 5.97 Å². The first-order valence-electron chi connectivity index (χ1n) is 4.61. The number of carboxylic acid groups (broad SMARTS) is 1. The molecule has 80 valence electrons. The van der Waals surface area contributed by atoms with Gasteiger partial charge in [0.15, 0.2) is 0 Å². The molecular formula is C10H17NO3. The third-order valence-corrected chi connectivity index (χ3v) is 1.90. The monoisotopic (exact) mass is 199 g/mol. The number of rotatable bonds is 7. The van der Waals surface area contributed by atoms with E-state index in [1.165, 1.54) is 0 Å². The molecule has 0 saturated heterocycles. The van der Waals surface area contributed by atoms with Gasteiger partial charge in [-0.3, -0.25) is 9.69 Å². The number of nitrogens with zero attached hydrogens (tertiary/aromatic N) is 1. The Labute approximate surface area is 84.5 Å². The lowest BCUT2D eigenvalue weighted by Crippen LogP contribution is -2.33. The van der Waals surface area contributed by atoms with Gasteiger partial charge in [0.25, 0.3) is 0 Å². The van der Waals surface area contributed by atoms with Crippen molar-refractivity contribution in [3.8, 4) is 12.3 Å². The van der Waals surface area contributed by atoms with Crippen LogP contribution in [-0.2, 0) is 4.79 Å². The van der Waals surface area contributed by atoms with E-state index in [1.54, 1.807) is 6.92 Å². The molecule has 0 aromatic rings. The summed E-state index contributed by atoms with van der Waals surface area (Å²) in [5.74, 6) is 1.22. The van der Waals surface area contributed by atoms with E-state index in [9.17, 15) is 4.79 Å². The Hall–Kier alpha value is -1.05. The maximum absolute atomic E-state index is 10.6. The van der Waals surface area contributed by atoms with E-state index in [-0.39, 0.29) is 6.61 Å². The molecule has 1 unspecified atom stereocenters. The minimum atomic E-state index is -0.823. The standard InChI is InChI=1S/C10H17NO3/c1-3-5-11(6-4-7-12)8-9(2)10(13)14/h1,9,12H,4-8H2,2H3,(H,13,14). The number of aliphatic carboxylic acids is 1. The lowest BCUT2D eigenvalue weighted by Gasteiger charge is -2.21. The summed E-state index contributed by atoms with van der Waals surface area (Å²) in [7, 11) is 0. The summed E-state index contributed by atoms with van der Waals surface area (Å²) in [4.78, 5) is 12.4. The molecule has 0 radical (unpaired) electrons. The van der Waals surface area contributed by atoms with Gasteiger partial charge in [0.05, 0.1) is 12.5 Å². The Bertz CT molecular complexity index is 210. The molecule has 0 saturated carbocycles. The fraction of sp³-hybridized carbons (Fsp3) is 0.700. The van der Waals surface area contributed by atoms with E-state index in [0.29, 0.717) is 26.1 Å². The van der Waals surface area contributed by atoms with Crippen molar-refractivity contribution in [2.24, 2.45) is 5.92 Å². The predicted octanol–water partition coefficient (Wildman–Crippen LogP) is 0.0247. The maximum atomic E-state index is 10.6. The molecule has 0 rings (SSSR count). The zero-order valence-corrected chi connectivity index (χ0v) is 8.44. The first-order valence-corrected chi connectivity index (χ1v) is 4.61. The Kier molecular flexibility index (Phi) is 6.81. The van der Waals surface area contributed by atoms with E-state index in [1.807, 2.05) is 4.90 Å². The van der Waals surface area contributed by atoms with Gasteiger partial charge in [-0.2, -0.15) is 0 Å². The van der Waals surface area contributed by atoms with E-state index < -0.39 is 11.9 Å². The van der Waals surface area contributed by atoms with E-state index in [4.69, 9.17) is 16.6 Å². The van der Waals surface area contributed by atoms with Gasteiger partial charge in [-0.25, -0.2) is 0 Å². The van der Waals surface area contributed by atoms with E-state index in [0.717, 1.165) is 0 Å². The molecule has 14 heavy (non-hydrogen) atoms. The predicted molar refractivity (Wildman–Crippen MR) is 53.8 cm³/mol. The highest BCUT2D eigenvalue weighted by atomic mass is 16.4. The second-order valence-corrected chi connectivity index (χ2v) is 3.26. The van der Waals surface area contributed by atoms with Crippen LogP contribution in [0.3, 0.4) is 0 Å². The Morgan fingerprint density at radius 2 is 2.29 bits per heavy atom. The molecule has 0 heterocycles. The molecule has 0 bridgehead atoms. The molecule has 4 heteroatoms. The highest BCUT2D eigenvalue weighted by molar-refractivity contribution is 5.69. The summed E-state index contributed by atoms with van der Waals surface area (Å²) in [5.41, 5.74) is 0. The van der Waals surface area contributed by atoms with Crippen molar-refractivity contribution in [3.05, 3.63) is 0 Å². The van der Waals surface area contributed by atoms with Crippen LogP contribution in [0.5, 0.6) is 0 Å². The summed E-state index contributed by atoms with van der Waals surface area (Å²) < 4.78 is 0. The fourth-order valence-corrected chi connectivity index (χ4v) is 1.12. The van der Waals surface area contributed by atoms with Gasteiger partial charge in [0, 0.05) is 19.7 Å². The quantitative estimate of drug-likeness (QED) is 0.568. The molecular weight excluding hydrogens is 182 g/mol. The van der Waals surface area contributed by atoms with Gasteiger partial charge < -0.3 is 10.2 Å². The molecule has 0 aromatic heterocycles. The second-order valence-electron chi connectivity index (χ2n) is 3.26. The van der Waals surface area contributed by atoms with Crippen LogP contribution in [0.25, 0.3) is 0 Å². The van der Waals surface area contributed by atoms with Crippen LogP contribution >= 0.6 is 0 Å². The van der Waals surface area contributed by atoms with Crippen molar-refractivity contribution in [2.75, 3.05) is 26.2 Å². The van der Waals surface area contributed by atoms with Crippen LogP contribution in [0.2, 0.25) is 0 Å².